The summed E-state index contributed by atoms with van der Waals surface area (Å²) < 4.78 is 1.38. The Hall–Kier alpha value is -2.15. The second-order valence-electron chi connectivity index (χ2n) is 6.95. The van der Waals surface area contributed by atoms with Gasteiger partial charge in [0.05, 0.1) is 0 Å². The van der Waals surface area contributed by atoms with Gasteiger partial charge in [-0.25, -0.2) is 0 Å². The van der Waals surface area contributed by atoms with E-state index in [1.165, 1.54) is 10.6 Å². The fourth-order valence-electron chi connectivity index (χ4n) is 3.03. The molecule has 2 amide bonds. The smallest absolute Gasteiger partial charge is 0.263 e. The summed E-state index contributed by atoms with van der Waals surface area (Å²) in [5.74, 6) is -0.352. The minimum absolute atomic E-state index is 0.143. The molecule has 0 aromatic carbocycles. The molecule has 0 radical (unpaired) electrons. The number of aliphatic hydroxyl groups excluding tert-OH is 1. The fraction of sp³-hybridized carbons (Fsp3) is 0.611. The lowest BCUT2D eigenvalue weighted by molar-refractivity contribution is -0.140. The third-order valence-electron chi connectivity index (χ3n) is 4.43. The van der Waals surface area contributed by atoms with E-state index in [4.69, 9.17) is 0 Å². The van der Waals surface area contributed by atoms with Crippen molar-refractivity contribution in [3.8, 4) is 0 Å². The van der Waals surface area contributed by atoms with Crippen molar-refractivity contribution < 1.29 is 14.7 Å². The number of hydrogen-bond donors (Lipinski definition) is 1. The van der Waals surface area contributed by atoms with Crippen molar-refractivity contribution in [1.82, 2.24) is 14.4 Å². The molecule has 1 unspecified atom stereocenters. The van der Waals surface area contributed by atoms with Gasteiger partial charge in [-0.15, -0.1) is 0 Å². The normalized spacial score (nSPS) is 16.7. The summed E-state index contributed by atoms with van der Waals surface area (Å²) in [5, 5.41) is 10.0. The minimum atomic E-state index is -0.997. The van der Waals surface area contributed by atoms with Crippen LogP contribution in [-0.2, 0) is 11.8 Å². The first-order chi connectivity index (χ1) is 11.8. The van der Waals surface area contributed by atoms with Crippen molar-refractivity contribution >= 4 is 11.8 Å². The molecule has 0 bridgehead atoms. The zero-order valence-corrected chi connectivity index (χ0v) is 15.1. The summed E-state index contributed by atoms with van der Waals surface area (Å²) in [6, 6.07) is 3.20. The van der Waals surface area contributed by atoms with Crippen molar-refractivity contribution in [3.63, 3.8) is 0 Å². The van der Waals surface area contributed by atoms with Crippen LogP contribution in [0.1, 0.15) is 37.0 Å². The van der Waals surface area contributed by atoms with E-state index in [0.29, 0.717) is 39.0 Å². The first-order valence-electron chi connectivity index (χ1n) is 8.73. The highest BCUT2D eigenvalue weighted by molar-refractivity contribution is 5.94. The van der Waals surface area contributed by atoms with Crippen LogP contribution in [0.3, 0.4) is 0 Å². The Morgan fingerprint density at radius 1 is 1.16 bits per heavy atom. The second-order valence-corrected chi connectivity index (χ2v) is 6.95. The van der Waals surface area contributed by atoms with E-state index in [1.54, 1.807) is 29.1 Å². The van der Waals surface area contributed by atoms with Crippen LogP contribution >= 0.6 is 0 Å². The predicted molar refractivity (Wildman–Crippen MR) is 94.2 cm³/mol. The molecule has 1 aliphatic heterocycles. The number of rotatable bonds is 4. The minimum Gasteiger partial charge on any atom is -0.383 e. The molecule has 138 valence electrons. The summed E-state index contributed by atoms with van der Waals surface area (Å²) in [7, 11) is 1.61. The maximum atomic E-state index is 12.6. The SMILES string of the molecule is CC(C)CC(O)C(=O)N1CCCN(C(=O)c2cccn(C)c2=O)CC1. The number of amides is 2. The number of hydrogen-bond acceptors (Lipinski definition) is 4. The van der Waals surface area contributed by atoms with Gasteiger partial charge in [0.2, 0.25) is 0 Å². The molecule has 0 spiro atoms. The lowest BCUT2D eigenvalue weighted by Crippen LogP contribution is -2.43. The molecular weight excluding hydrogens is 322 g/mol. The van der Waals surface area contributed by atoms with E-state index in [-0.39, 0.29) is 28.9 Å². The van der Waals surface area contributed by atoms with E-state index in [9.17, 15) is 19.5 Å². The fourth-order valence-corrected chi connectivity index (χ4v) is 3.03. The molecule has 1 aliphatic rings. The monoisotopic (exact) mass is 349 g/mol. The van der Waals surface area contributed by atoms with Crippen molar-refractivity contribution in [2.75, 3.05) is 26.2 Å². The molecule has 0 aliphatic carbocycles. The number of carbonyl (C=O) groups excluding carboxylic acids is 2. The summed E-state index contributed by atoms with van der Waals surface area (Å²) >= 11 is 0. The average Bonchev–Trinajstić information content (AvgIpc) is 2.81. The molecule has 1 N–H and O–H groups in total. The summed E-state index contributed by atoms with van der Waals surface area (Å²) in [6.45, 7) is 5.63. The molecule has 2 heterocycles. The van der Waals surface area contributed by atoms with Crippen LogP contribution < -0.4 is 5.56 Å². The molecule has 2 rings (SSSR count). The first-order valence-corrected chi connectivity index (χ1v) is 8.73. The van der Waals surface area contributed by atoms with Crippen LogP contribution in [-0.4, -0.2) is 63.6 Å². The van der Waals surface area contributed by atoms with E-state index < -0.39 is 6.10 Å². The standard InChI is InChI=1S/C18H27N3O4/c1-13(2)12-15(22)18(25)21-9-5-8-20(10-11-21)17(24)14-6-4-7-19(3)16(14)23/h4,6-7,13,15,22H,5,8-12H2,1-3H3. The largest absolute Gasteiger partial charge is 0.383 e. The van der Waals surface area contributed by atoms with Crippen LogP contribution in [0.25, 0.3) is 0 Å². The van der Waals surface area contributed by atoms with Crippen molar-refractivity contribution in [2.24, 2.45) is 13.0 Å². The Balaban J connectivity index is 2.04. The lowest BCUT2D eigenvalue weighted by atomic mass is 10.1. The van der Waals surface area contributed by atoms with Gasteiger partial charge in [0.15, 0.2) is 0 Å². The molecule has 1 saturated heterocycles. The summed E-state index contributed by atoms with van der Waals surface area (Å²) in [5.41, 5.74) is -0.179. The van der Waals surface area contributed by atoms with Crippen molar-refractivity contribution in [2.45, 2.75) is 32.8 Å². The van der Waals surface area contributed by atoms with Gasteiger partial charge in [-0.1, -0.05) is 13.8 Å². The highest BCUT2D eigenvalue weighted by Gasteiger charge is 2.27. The second kappa shape index (κ2) is 8.29. The Labute approximate surface area is 147 Å². The van der Waals surface area contributed by atoms with E-state index in [0.717, 1.165) is 0 Å². The number of aliphatic hydroxyl groups is 1. The van der Waals surface area contributed by atoms with E-state index in [1.807, 2.05) is 13.8 Å². The Kier molecular flexibility index (Phi) is 6.36. The van der Waals surface area contributed by atoms with Gasteiger partial charge in [-0.3, -0.25) is 14.4 Å². The van der Waals surface area contributed by atoms with Gasteiger partial charge in [0.1, 0.15) is 11.7 Å². The Morgan fingerprint density at radius 2 is 1.80 bits per heavy atom. The topological polar surface area (TPSA) is 82.8 Å². The van der Waals surface area contributed by atoms with Gasteiger partial charge < -0.3 is 19.5 Å². The van der Waals surface area contributed by atoms with Gasteiger partial charge in [0.25, 0.3) is 17.4 Å². The third-order valence-corrected chi connectivity index (χ3v) is 4.43. The molecular formula is C18H27N3O4. The number of nitrogens with zero attached hydrogens (tertiary/aromatic N) is 3. The van der Waals surface area contributed by atoms with Crippen LogP contribution in [0, 0.1) is 5.92 Å². The quantitative estimate of drug-likeness (QED) is 0.856. The third kappa shape index (κ3) is 4.69. The summed E-state index contributed by atoms with van der Waals surface area (Å²) in [4.78, 5) is 40.3. The first kappa shape index (κ1) is 19.2. The van der Waals surface area contributed by atoms with Crippen molar-refractivity contribution in [3.05, 3.63) is 34.2 Å². The lowest BCUT2D eigenvalue weighted by Gasteiger charge is -2.24. The summed E-state index contributed by atoms with van der Waals surface area (Å²) in [6.07, 6.45) is 1.67. The zero-order valence-electron chi connectivity index (χ0n) is 15.1. The van der Waals surface area contributed by atoms with Crippen LogP contribution in [0.15, 0.2) is 23.1 Å². The molecule has 1 atom stereocenters. The molecule has 7 nitrogen and oxygen atoms in total. The Morgan fingerprint density at radius 3 is 2.48 bits per heavy atom. The van der Waals surface area contributed by atoms with Gasteiger partial charge in [-0.2, -0.15) is 0 Å². The highest BCUT2D eigenvalue weighted by Crippen LogP contribution is 2.12. The number of aryl methyl sites for hydroxylation is 1. The van der Waals surface area contributed by atoms with Crippen LogP contribution in [0.5, 0.6) is 0 Å². The number of carbonyl (C=O) groups is 2. The average molecular weight is 349 g/mol. The van der Waals surface area contributed by atoms with Gasteiger partial charge in [0, 0.05) is 39.4 Å². The Bertz CT molecular complexity index is 683. The molecule has 7 heteroatoms. The predicted octanol–water partition coefficient (Wildman–Crippen LogP) is 0.467. The van der Waals surface area contributed by atoms with E-state index >= 15 is 0 Å². The van der Waals surface area contributed by atoms with Gasteiger partial charge >= 0.3 is 0 Å². The highest BCUT2D eigenvalue weighted by atomic mass is 16.3. The maximum absolute atomic E-state index is 12.6. The molecule has 1 fully saturated rings. The van der Waals surface area contributed by atoms with E-state index in [2.05, 4.69) is 0 Å². The molecule has 0 saturated carbocycles. The molecule has 1 aromatic rings. The number of aromatic nitrogens is 1. The number of pyridine rings is 1. The molecule has 25 heavy (non-hydrogen) atoms. The zero-order chi connectivity index (χ0) is 18.6. The maximum Gasteiger partial charge on any atom is 0.263 e. The van der Waals surface area contributed by atoms with Crippen LogP contribution in [0.2, 0.25) is 0 Å². The van der Waals surface area contributed by atoms with Crippen molar-refractivity contribution in [1.29, 1.82) is 0 Å². The molecule has 1 aromatic heterocycles. The van der Waals surface area contributed by atoms with Gasteiger partial charge in [-0.05, 0) is 30.9 Å². The van der Waals surface area contributed by atoms with Crippen LogP contribution in [0.4, 0.5) is 0 Å².